The number of benzene rings is 2. The minimum absolute atomic E-state index is 0.102. The second-order valence-electron chi connectivity index (χ2n) is 9.40. The number of carbonyl (C=O) groups is 2. The van der Waals surface area contributed by atoms with Gasteiger partial charge in [-0.25, -0.2) is 0 Å². The van der Waals surface area contributed by atoms with Crippen LogP contribution in [-0.4, -0.2) is 59.4 Å². The predicted octanol–water partition coefficient (Wildman–Crippen LogP) is 6.45. The van der Waals surface area contributed by atoms with Crippen molar-refractivity contribution in [2.24, 2.45) is 0 Å². The number of aliphatic hydroxyl groups excluding tert-OH is 1. The number of aliphatic hydroxyl groups is 1. The quantitative estimate of drug-likeness (QED) is 0.174. The van der Waals surface area contributed by atoms with Crippen LogP contribution in [-0.2, 0) is 9.59 Å². The molecule has 1 aliphatic rings. The van der Waals surface area contributed by atoms with Crippen molar-refractivity contribution < 1.29 is 19.4 Å². The van der Waals surface area contributed by atoms with Crippen molar-refractivity contribution in [3.8, 4) is 5.75 Å². The maximum absolute atomic E-state index is 13.3. The first-order valence-corrected chi connectivity index (χ1v) is 13.8. The van der Waals surface area contributed by atoms with Gasteiger partial charge in [-0.15, -0.1) is 0 Å². The van der Waals surface area contributed by atoms with Crippen LogP contribution in [0.25, 0.3) is 5.76 Å². The average Bonchev–Trinajstić information content (AvgIpc) is 3.15. The summed E-state index contributed by atoms with van der Waals surface area (Å²) in [4.78, 5) is 30.6. The molecule has 1 unspecified atom stereocenters. The molecule has 1 fully saturated rings. The predicted molar refractivity (Wildman–Crippen MR) is 149 cm³/mol. The van der Waals surface area contributed by atoms with E-state index in [0.717, 1.165) is 57.3 Å². The number of rotatable bonds is 14. The molecule has 1 aliphatic heterocycles. The van der Waals surface area contributed by atoms with Crippen molar-refractivity contribution in [2.45, 2.75) is 58.9 Å². The summed E-state index contributed by atoms with van der Waals surface area (Å²) in [5.74, 6) is -0.726. The van der Waals surface area contributed by atoms with Gasteiger partial charge in [0.1, 0.15) is 11.5 Å². The Labute approximate surface area is 225 Å². The number of unbranched alkanes of at least 4 members (excludes halogenated alkanes) is 2. The van der Waals surface area contributed by atoms with Gasteiger partial charge < -0.3 is 19.6 Å². The lowest BCUT2D eigenvalue weighted by Gasteiger charge is -2.27. The van der Waals surface area contributed by atoms with Gasteiger partial charge >= 0.3 is 0 Å². The number of halogens is 1. The van der Waals surface area contributed by atoms with E-state index in [1.807, 2.05) is 31.2 Å². The summed E-state index contributed by atoms with van der Waals surface area (Å²) in [6.07, 6.45) is 5.30. The fraction of sp³-hybridized carbons (Fsp3) is 0.467. The van der Waals surface area contributed by atoms with E-state index >= 15 is 0 Å². The van der Waals surface area contributed by atoms with Crippen molar-refractivity contribution >= 4 is 29.1 Å². The van der Waals surface area contributed by atoms with Crippen molar-refractivity contribution in [1.82, 2.24) is 9.80 Å². The number of nitrogens with zero attached hydrogens (tertiary/aromatic N) is 2. The lowest BCUT2D eigenvalue weighted by atomic mass is 9.95. The van der Waals surface area contributed by atoms with Gasteiger partial charge in [-0.1, -0.05) is 50.4 Å². The smallest absolute Gasteiger partial charge is 0.295 e. The van der Waals surface area contributed by atoms with Crippen LogP contribution in [0.3, 0.4) is 0 Å². The molecule has 1 saturated heterocycles. The molecular weight excluding hydrogens is 488 g/mol. The molecule has 2 aromatic carbocycles. The van der Waals surface area contributed by atoms with E-state index < -0.39 is 17.7 Å². The number of likely N-dealkylation sites (tertiary alicyclic amines) is 1. The molecule has 200 valence electrons. The summed E-state index contributed by atoms with van der Waals surface area (Å²) in [5, 5.41) is 11.7. The van der Waals surface area contributed by atoms with Crippen LogP contribution in [0, 0.1) is 0 Å². The Bertz CT molecular complexity index is 1060. The zero-order valence-corrected chi connectivity index (χ0v) is 23.0. The minimum atomic E-state index is -0.675. The molecule has 0 bridgehead atoms. The third-order valence-corrected chi connectivity index (χ3v) is 6.95. The third kappa shape index (κ3) is 7.36. The van der Waals surface area contributed by atoms with Crippen molar-refractivity contribution in [2.75, 3.05) is 32.8 Å². The lowest BCUT2D eigenvalue weighted by Crippen LogP contribution is -2.34. The van der Waals surface area contributed by atoms with Gasteiger partial charge in [0.25, 0.3) is 11.7 Å². The average molecular weight is 527 g/mol. The van der Waals surface area contributed by atoms with E-state index in [1.54, 1.807) is 29.2 Å². The molecule has 1 heterocycles. The van der Waals surface area contributed by atoms with E-state index in [4.69, 9.17) is 16.3 Å². The van der Waals surface area contributed by atoms with E-state index in [2.05, 4.69) is 18.7 Å². The normalized spacial score (nSPS) is 17.1. The zero-order chi connectivity index (χ0) is 26.8. The highest BCUT2D eigenvalue weighted by Crippen LogP contribution is 2.40. The molecule has 37 heavy (non-hydrogen) atoms. The number of carbonyl (C=O) groups excluding carboxylic acids is 2. The Morgan fingerprint density at radius 2 is 1.51 bits per heavy atom. The van der Waals surface area contributed by atoms with Crippen LogP contribution in [0.4, 0.5) is 0 Å². The number of amides is 1. The largest absolute Gasteiger partial charge is 0.507 e. The fourth-order valence-corrected chi connectivity index (χ4v) is 4.82. The highest BCUT2D eigenvalue weighted by molar-refractivity contribution is 6.46. The zero-order valence-electron chi connectivity index (χ0n) is 22.2. The van der Waals surface area contributed by atoms with Gasteiger partial charge in [0.2, 0.25) is 0 Å². The molecule has 1 amide bonds. The Morgan fingerprint density at radius 1 is 0.919 bits per heavy atom. The van der Waals surface area contributed by atoms with Gasteiger partial charge in [0.15, 0.2) is 0 Å². The summed E-state index contributed by atoms with van der Waals surface area (Å²) in [6.45, 7) is 10.2. The van der Waals surface area contributed by atoms with Crippen LogP contribution in [0.15, 0.2) is 54.1 Å². The van der Waals surface area contributed by atoms with Crippen LogP contribution >= 0.6 is 11.6 Å². The number of hydrogen-bond acceptors (Lipinski definition) is 5. The summed E-state index contributed by atoms with van der Waals surface area (Å²) >= 11 is 6.02. The Balaban J connectivity index is 1.92. The van der Waals surface area contributed by atoms with Crippen LogP contribution in [0.1, 0.15) is 70.0 Å². The first-order chi connectivity index (χ1) is 17.9. The van der Waals surface area contributed by atoms with Crippen molar-refractivity contribution in [1.29, 1.82) is 0 Å². The van der Waals surface area contributed by atoms with Crippen LogP contribution < -0.4 is 4.74 Å². The molecule has 1 N–H and O–H groups in total. The molecule has 0 aliphatic carbocycles. The second-order valence-corrected chi connectivity index (χ2v) is 9.84. The SMILES string of the molecule is CCCCN(CCCC)CCCN1C(=O)C(=O)C(=C(O)c2ccc(Cl)cc2)C1c1ccc(OCC)cc1. The van der Waals surface area contributed by atoms with E-state index in [0.29, 0.717) is 29.5 Å². The van der Waals surface area contributed by atoms with Crippen molar-refractivity contribution in [3.63, 3.8) is 0 Å². The van der Waals surface area contributed by atoms with Crippen molar-refractivity contribution in [3.05, 3.63) is 70.3 Å². The summed E-state index contributed by atoms with van der Waals surface area (Å²) in [5.41, 5.74) is 1.31. The van der Waals surface area contributed by atoms with Crippen LogP contribution in [0.2, 0.25) is 5.02 Å². The molecule has 0 spiro atoms. The van der Waals surface area contributed by atoms with E-state index in [-0.39, 0.29) is 11.3 Å². The number of ketones is 1. The van der Waals surface area contributed by atoms with E-state index in [9.17, 15) is 14.7 Å². The molecule has 0 radical (unpaired) electrons. The minimum Gasteiger partial charge on any atom is -0.507 e. The summed E-state index contributed by atoms with van der Waals surface area (Å²) in [6, 6.07) is 13.3. The monoisotopic (exact) mass is 526 g/mol. The Hall–Kier alpha value is -2.83. The van der Waals surface area contributed by atoms with E-state index in [1.165, 1.54) is 0 Å². The molecule has 0 aromatic heterocycles. The Morgan fingerprint density at radius 3 is 2.08 bits per heavy atom. The van der Waals surface area contributed by atoms with Gasteiger partial charge in [0, 0.05) is 17.1 Å². The Kier molecular flexibility index (Phi) is 11.0. The first-order valence-electron chi connectivity index (χ1n) is 13.4. The number of Topliss-reactive ketones (excluding diaryl/α,β-unsaturated/α-hetero) is 1. The second kappa shape index (κ2) is 14.2. The topological polar surface area (TPSA) is 70.1 Å². The first kappa shape index (κ1) is 28.7. The third-order valence-electron chi connectivity index (χ3n) is 6.69. The van der Waals surface area contributed by atoms with Gasteiger partial charge in [-0.3, -0.25) is 9.59 Å². The maximum atomic E-state index is 13.3. The summed E-state index contributed by atoms with van der Waals surface area (Å²) in [7, 11) is 0. The van der Waals surface area contributed by atoms with Gasteiger partial charge in [0.05, 0.1) is 18.2 Å². The highest BCUT2D eigenvalue weighted by Gasteiger charge is 2.45. The van der Waals surface area contributed by atoms with Gasteiger partial charge in [-0.05, 0) is 87.8 Å². The molecule has 1 atom stereocenters. The van der Waals surface area contributed by atoms with Gasteiger partial charge in [-0.2, -0.15) is 0 Å². The lowest BCUT2D eigenvalue weighted by molar-refractivity contribution is -0.140. The molecular formula is C30H39ClN2O4. The summed E-state index contributed by atoms with van der Waals surface area (Å²) < 4.78 is 5.58. The molecule has 6 nitrogen and oxygen atoms in total. The number of hydrogen-bond donors (Lipinski definition) is 1. The standard InChI is InChI=1S/C30H39ClN2O4/c1-4-7-18-32(19-8-5-2)20-9-21-33-27(22-12-16-25(17-13-22)37-6-3)26(29(35)30(33)36)28(34)23-10-14-24(31)15-11-23/h10-17,27,34H,4-9,18-21H2,1-3H3. The fourth-order valence-electron chi connectivity index (χ4n) is 4.70. The molecule has 2 aromatic rings. The number of ether oxygens (including phenoxy) is 1. The molecule has 7 heteroatoms. The maximum Gasteiger partial charge on any atom is 0.295 e. The molecule has 3 rings (SSSR count). The molecule has 0 saturated carbocycles. The van der Waals surface area contributed by atoms with Crippen LogP contribution in [0.5, 0.6) is 5.75 Å². The highest BCUT2D eigenvalue weighted by atomic mass is 35.5.